The van der Waals surface area contributed by atoms with Crippen molar-refractivity contribution in [2.45, 2.75) is 56.7 Å². The molecule has 15 nitrogen and oxygen atoms in total. The number of hydrogen-bond donors (Lipinski definition) is 3. The third-order valence-corrected chi connectivity index (χ3v) is 9.79. The number of piperidine rings is 1. The molecule has 6 heterocycles. The normalized spacial score (nSPS) is 22.3. The summed E-state index contributed by atoms with van der Waals surface area (Å²) in [5.74, 6) is -0.856. The average Bonchev–Trinajstić information content (AvgIpc) is 3.87. The molecule has 1 aliphatic carbocycles. The molecule has 1 aromatic carbocycles. The van der Waals surface area contributed by atoms with Gasteiger partial charge in [0.15, 0.2) is 40.9 Å². The van der Waals surface area contributed by atoms with Crippen LogP contribution in [0.2, 0.25) is 0 Å². The summed E-state index contributed by atoms with van der Waals surface area (Å²) < 4.78 is 42.4. The molecule has 0 saturated carbocycles. The van der Waals surface area contributed by atoms with Crippen LogP contribution in [0.3, 0.4) is 0 Å². The van der Waals surface area contributed by atoms with Crippen molar-refractivity contribution in [3.8, 4) is 5.88 Å². The van der Waals surface area contributed by atoms with Crippen molar-refractivity contribution in [1.29, 1.82) is 0 Å². The second-order valence-corrected chi connectivity index (χ2v) is 12.9. The van der Waals surface area contributed by atoms with E-state index in [0.717, 1.165) is 19.4 Å². The number of nitrogens with zero attached hydrogens (tertiary/aromatic N) is 7. The van der Waals surface area contributed by atoms with Crippen molar-refractivity contribution < 1.29 is 32.6 Å². The Bertz CT molecular complexity index is 1720. The number of hydrogen-bond acceptors (Lipinski definition) is 11. The van der Waals surface area contributed by atoms with Gasteiger partial charge in [0.05, 0.1) is 25.3 Å². The number of ether oxygens (including phenoxy) is 2. The van der Waals surface area contributed by atoms with E-state index in [1.807, 2.05) is 0 Å². The van der Waals surface area contributed by atoms with Gasteiger partial charge in [0.1, 0.15) is 5.60 Å². The van der Waals surface area contributed by atoms with Crippen LogP contribution in [0.4, 0.5) is 25.2 Å². The molecule has 0 bridgehead atoms. The third-order valence-electron chi connectivity index (χ3n) is 9.79. The molecule has 0 radical (unpaired) electrons. The summed E-state index contributed by atoms with van der Waals surface area (Å²) in [6.07, 6.45) is 4.62. The van der Waals surface area contributed by atoms with E-state index in [4.69, 9.17) is 9.47 Å². The van der Waals surface area contributed by atoms with E-state index in [1.165, 1.54) is 15.9 Å². The minimum absolute atomic E-state index is 0.0203. The minimum atomic E-state index is -0.687. The summed E-state index contributed by atoms with van der Waals surface area (Å²) in [4.78, 5) is 50.2. The van der Waals surface area contributed by atoms with Crippen LogP contribution in [0.15, 0.2) is 6.20 Å². The summed E-state index contributed by atoms with van der Waals surface area (Å²) in [7, 11) is 0. The molecule has 5 aliphatic rings. The lowest BCUT2D eigenvalue weighted by Crippen LogP contribution is -2.48. The molecule has 4 aliphatic heterocycles. The van der Waals surface area contributed by atoms with Crippen LogP contribution in [0.5, 0.6) is 5.88 Å². The maximum atomic E-state index is 15.6. The van der Waals surface area contributed by atoms with Gasteiger partial charge in [-0.1, -0.05) is 0 Å². The van der Waals surface area contributed by atoms with Crippen LogP contribution < -0.4 is 25.6 Å². The van der Waals surface area contributed by atoms with Gasteiger partial charge in [0, 0.05) is 39.0 Å². The molecule has 3 fully saturated rings. The zero-order chi connectivity index (χ0) is 32.3. The summed E-state index contributed by atoms with van der Waals surface area (Å²) in [6.45, 7) is 3.40. The van der Waals surface area contributed by atoms with Gasteiger partial charge >= 0.3 is 6.09 Å². The Balaban J connectivity index is 0.869. The highest BCUT2D eigenvalue weighted by Gasteiger charge is 2.48. The molecule has 17 heteroatoms. The van der Waals surface area contributed by atoms with Gasteiger partial charge < -0.3 is 30.3 Å². The van der Waals surface area contributed by atoms with Gasteiger partial charge in [-0.15, -0.1) is 0 Å². The molecule has 248 valence electrons. The number of nitrogens with one attached hydrogen (secondary N) is 3. The Morgan fingerprint density at radius 2 is 1.85 bits per heavy atom. The number of amides is 3. The fourth-order valence-corrected chi connectivity index (χ4v) is 7.37. The molecule has 1 atom stereocenters. The Morgan fingerprint density at radius 1 is 1.11 bits per heavy atom. The largest absolute Gasteiger partial charge is 0.465 e. The lowest BCUT2D eigenvalue weighted by atomic mass is 9.90. The first-order chi connectivity index (χ1) is 22.7. The van der Waals surface area contributed by atoms with Crippen LogP contribution in [-0.2, 0) is 33.7 Å². The molecule has 0 unspecified atom stereocenters. The molecular formula is C30H34F2N10O5. The van der Waals surface area contributed by atoms with Gasteiger partial charge in [-0.2, -0.15) is 15.0 Å². The Morgan fingerprint density at radius 3 is 2.55 bits per heavy atom. The molecule has 1 spiro atoms. The van der Waals surface area contributed by atoms with Gasteiger partial charge in [0.2, 0.25) is 5.91 Å². The van der Waals surface area contributed by atoms with Gasteiger partial charge in [0.25, 0.3) is 11.8 Å². The number of fused-ring (bicyclic) bond motifs is 3. The number of carbonyl (C=O) groups excluding carboxylic acids is 3. The highest BCUT2D eigenvalue weighted by molar-refractivity contribution is 5.95. The molecule has 3 saturated heterocycles. The van der Waals surface area contributed by atoms with E-state index in [2.05, 4.69) is 41.0 Å². The zero-order valence-corrected chi connectivity index (χ0v) is 25.6. The van der Waals surface area contributed by atoms with E-state index in [1.54, 1.807) is 0 Å². The summed E-state index contributed by atoms with van der Waals surface area (Å²) in [6, 6.07) is -0.202. The van der Waals surface area contributed by atoms with E-state index >= 15 is 8.78 Å². The molecule has 47 heavy (non-hydrogen) atoms. The molecular weight excluding hydrogens is 618 g/mol. The summed E-state index contributed by atoms with van der Waals surface area (Å²) in [5, 5.41) is 17.0. The smallest absolute Gasteiger partial charge is 0.416 e. The van der Waals surface area contributed by atoms with E-state index in [0.29, 0.717) is 63.0 Å². The SMILES string of the molecule is O=C1COc2ncc(N3CC4(CCN(CC5Cc6c(c(F)c7nn(CCNC(=O)[C@H]8CCCN8)nc7c6F)C5)CC4)OC3=O)nc2N1. The van der Waals surface area contributed by atoms with Crippen molar-refractivity contribution in [3.05, 3.63) is 29.0 Å². The van der Waals surface area contributed by atoms with Crippen molar-refractivity contribution in [1.82, 2.24) is 40.5 Å². The molecule has 3 N–H and O–H groups in total. The maximum Gasteiger partial charge on any atom is 0.416 e. The van der Waals surface area contributed by atoms with Crippen LogP contribution in [0.1, 0.15) is 36.8 Å². The second kappa shape index (κ2) is 11.6. The van der Waals surface area contributed by atoms with Gasteiger partial charge in [-0.25, -0.2) is 23.5 Å². The monoisotopic (exact) mass is 652 g/mol. The predicted molar refractivity (Wildman–Crippen MR) is 161 cm³/mol. The fraction of sp³-hybridized carbons (Fsp3) is 0.567. The highest BCUT2D eigenvalue weighted by Crippen LogP contribution is 2.39. The van der Waals surface area contributed by atoms with Gasteiger partial charge in [-0.3, -0.25) is 14.5 Å². The van der Waals surface area contributed by atoms with Crippen LogP contribution in [0, 0.1) is 17.6 Å². The number of aromatic nitrogens is 5. The summed E-state index contributed by atoms with van der Waals surface area (Å²) >= 11 is 0. The number of halogens is 2. The van der Waals surface area contributed by atoms with E-state index in [-0.39, 0.29) is 72.0 Å². The lowest BCUT2D eigenvalue weighted by Gasteiger charge is -2.38. The maximum absolute atomic E-state index is 15.6. The van der Waals surface area contributed by atoms with Gasteiger partial charge in [-0.05, 0) is 49.3 Å². The Kier molecular flexibility index (Phi) is 7.39. The average molecular weight is 653 g/mol. The second-order valence-electron chi connectivity index (χ2n) is 12.9. The van der Waals surface area contributed by atoms with Crippen LogP contribution in [0.25, 0.3) is 11.0 Å². The first kappa shape index (κ1) is 29.9. The fourth-order valence-electron chi connectivity index (χ4n) is 7.37. The standard InChI is InChI=1S/C30H34F2N10O5/c31-22-17-10-16(11-18(17)23(32)25-24(22)38-42(39-25)9-6-34-27(44)19-2-1-5-33-19)13-40-7-3-30(4-8-40)15-41(29(45)47-30)20-12-35-28-26(36-20)37-21(43)14-46-28/h12,16,19,33H,1-11,13-15H2,(H,34,44)(H,36,37,43)/t19-/m1/s1. The number of anilines is 2. The van der Waals surface area contributed by atoms with Crippen molar-refractivity contribution in [2.24, 2.45) is 5.92 Å². The Hall–Kier alpha value is -4.51. The van der Waals surface area contributed by atoms with Crippen molar-refractivity contribution in [2.75, 3.05) is 56.1 Å². The van der Waals surface area contributed by atoms with Crippen LogP contribution >= 0.6 is 0 Å². The van der Waals surface area contributed by atoms with E-state index < -0.39 is 23.3 Å². The highest BCUT2D eigenvalue weighted by atomic mass is 19.1. The van der Waals surface area contributed by atoms with Crippen molar-refractivity contribution >= 4 is 40.6 Å². The molecule has 3 amide bonds. The van der Waals surface area contributed by atoms with E-state index in [9.17, 15) is 14.4 Å². The predicted octanol–water partition coefficient (Wildman–Crippen LogP) is 0.905. The third kappa shape index (κ3) is 5.50. The topological polar surface area (TPSA) is 169 Å². The number of rotatable bonds is 7. The first-order valence-corrected chi connectivity index (χ1v) is 16.0. The van der Waals surface area contributed by atoms with Crippen LogP contribution in [-0.4, -0.2) is 105 Å². The zero-order valence-electron chi connectivity index (χ0n) is 25.6. The Labute approximate surface area is 267 Å². The quantitative estimate of drug-likeness (QED) is 0.332. The lowest BCUT2D eigenvalue weighted by molar-refractivity contribution is -0.122. The molecule has 2 aromatic heterocycles. The summed E-state index contributed by atoms with van der Waals surface area (Å²) in [5.41, 5.74) is -0.148. The molecule has 8 rings (SSSR count). The first-order valence-electron chi connectivity index (χ1n) is 16.0. The number of carbonyl (C=O) groups is 3. The van der Waals surface area contributed by atoms with Crippen molar-refractivity contribution in [3.63, 3.8) is 0 Å². The number of benzene rings is 1. The number of likely N-dealkylation sites (tertiary alicyclic amines) is 1. The minimum Gasteiger partial charge on any atom is -0.465 e. The molecule has 3 aromatic rings.